The number of halogens is 3. The molecular weight excluding hydrogens is 531 g/mol. The van der Waals surface area contributed by atoms with Gasteiger partial charge in [0.2, 0.25) is 0 Å². The van der Waals surface area contributed by atoms with Crippen molar-refractivity contribution < 1.29 is 9.53 Å². The fraction of sp³-hybridized carbons (Fsp3) is 0.0833. The number of nitrogens with one attached hydrogen (secondary N) is 1. The topological polar surface area (TPSA) is 50.7 Å². The zero-order valence-electron chi connectivity index (χ0n) is 16.9. The van der Waals surface area contributed by atoms with Crippen LogP contribution in [-0.4, -0.2) is 11.1 Å². The smallest absolute Gasteiger partial charge is 0.264 e. The van der Waals surface area contributed by atoms with Crippen LogP contribution in [-0.2, 0) is 11.4 Å². The number of nitrogens with zero attached hydrogens (tertiary/aromatic N) is 1. The van der Waals surface area contributed by atoms with E-state index >= 15 is 0 Å². The highest BCUT2D eigenvalue weighted by Crippen LogP contribution is 2.33. The number of carbonyl (C=O) groups excluding carboxylic acids is 1. The molecule has 0 aliphatic carbocycles. The predicted octanol–water partition coefficient (Wildman–Crippen LogP) is 7.53. The van der Waals surface area contributed by atoms with Gasteiger partial charge in [-0.15, -0.1) is 0 Å². The largest absolute Gasteiger partial charge is 0.488 e. The van der Waals surface area contributed by atoms with Gasteiger partial charge in [0, 0.05) is 25.6 Å². The van der Waals surface area contributed by atoms with E-state index < -0.39 is 0 Å². The molecule has 1 heterocycles. The second-order valence-corrected chi connectivity index (χ2v) is 9.81. The third-order valence-corrected chi connectivity index (χ3v) is 6.56. The Balaban J connectivity index is 1.56. The molecule has 32 heavy (non-hydrogen) atoms. The van der Waals surface area contributed by atoms with Crippen LogP contribution in [0.5, 0.6) is 5.75 Å². The number of hydrogen-bond acceptors (Lipinski definition) is 4. The van der Waals surface area contributed by atoms with Crippen LogP contribution in [0.2, 0.25) is 10.0 Å². The van der Waals surface area contributed by atoms with Gasteiger partial charge in [-0.05, 0) is 67.2 Å². The van der Waals surface area contributed by atoms with E-state index in [0.29, 0.717) is 25.9 Å². The number of amides is 1. The number of amidine groups is 1. The Bertz CT molecular complexity index is 1240. The monoisotopic (exact) mass is 546 g/mol. The summed E-state index contributed by atoms with van der Waals surface area (Å²) in [5.74, 6) is 0.427. The summed E-state index contributed by atoms with van der Waals surface area (Å²) in [6, 6.07) is 18.7. The van der Waals surface area contributed by atoms with E-state index in [-0.39, 0.29) is 12.5 Å². The average Bonchev–Trinajstić information content (AvgIpc) is 3.09. The fourth-order valence-corrected chi connectivity index (χ4v) is 4.59. The van der Waals surface area contributed by atoms with E-state index in [2.05, 4.69) is 26.2 Å². The van der Waals surface area contributed by atoms with Gasteiger partial charge in [0.1, 0.15) is 12.4 Å². The number of aliphatic imine (C=N–C) groups is 1. The molecule has 1 saturated heterocycles. The predicted molar refractivity (Wildman–Crippen MR) is 137 cm³/mol. The van der Waals surface area contributed by atoms with Gasteiger partial charge in [-0.2, -0.15) is 0 Å². The lowest BCUT2D eigenvalue weighted by atomic mass is 10.1. The van der Waals surface area contributed by atoms with Gasteiger partial charge >= 0.3 is 0 Å². The summed E-state index contributed by atoms with van der Waals surface area (Å²) in [7, 11) is 0. The van der Waals surface area contributed by atoms with Crippen LogP contribution in [0.3, 0.4) is 0 Å². The standard InChI is InChI=1S/C24H17BrCl2N2O2S/c1-14-2-7-19(8-3-14)28-24-29-23(30)22(32-24)11-16-10-17(25)5-9-21(16)31-13-15-4-6-18(26)12-20(15)27/h2-12H,13H2,1H3,(H,28,29,30)/b22-11-. The van der Waals surface area contributed by atoms with E-state index in [0.717, 1.165) is 26.9 Å². The second kappa shape index (κ2) is 10.1. The van der Waals surface area contributed by atoms with Crippen molar-refractivity contribution in [1.29, 1.82) is 0 Å². The van der Waals surface area contributed by atoms with Crippen LogP contribution in [0.25, 0.3) is 6.08 Å². The molecule has 0 atom stereocenters. The molecule has 3 aromatic rings. The van der Waals surface area contributed by atoms with Gasteiger partial charge in [0.15, 0.2) is 5.17 Å². The number of carbonyl (C=O) groups is 1. The number of benzene rings is 3. The summed E-state index contributed by atoms with van der Waals surface area (Å²) in [5, 5.41) is 4.46. The van der Waals surface area contributed by atoms with Crippen molar-refractivity contribution >= 4 is 73.7 Å². The highest BCUT2D eigenvalue weighted by atomic mass is 79.9. The van der Waals surface area contributed by atoms with Gasteiger partial charge in [-0.25, -0.2) is 4.99 Å². The first kappa shape index (κ1) is 22.9. The first-order valence-corrected chi connectivity index (χ1v) is 12.0. The molecule has 0 unspecified atom stereocenters. The Kier molecular flexibility index (Phi) is 7.26. The third-order valence-electron chi connectivity index (χ3n) is 4.57. The number of rotatable bonds is 5. The van der Waals surface area contributed by atoms with E-state index in [1.807, 2.05) is 55.5 Å². The number of hydrogen-bond donors (Lipinski definition) is 1. The summed E-state index contributed by atoms with van der Waals surface area (Å²) >= 11 is 17.0. The lowest BCUT2D eigenvalue weighted by molar-refractivity contribution is -0.115. The Morgan fingerprint density at radius 2 is 1.88 bits per heavy atom. The molecule has 1 aliphatic heterocycles. The van der Waals surface area contributed by atoms with Crippen LogP contribution in [0.15, 0.2) is 75.0 Å². The van der Waals surface area contributed by atoms with Gasteiger partial charge in [0.05, 0.1) is 10.6 Å². The average molecular weight is 548 g/mol. The molecule has 1 fully saturated rings. The molecule has 162 valence electrons. The van der Waals surface area contributed by atoms with Crippen molar-refractivity contribution in [3.63, 3.8) is 0 Å². The first-order chi connectivity index (χ1) is 15.4. The van der Waals surface area contributed by atoms with Crippen LogP contribution >= 0.6 is 50.9 Å². The Hall–Kier alpha value is -2.25. The van der Waals surface area contributed by atoms with Crippen LogP contribution in [0.4, 0.5) is 5.69 Å². The molecule has 1 amide bonds. The summed E-state index contributed by atoms with van der Waals surface area (Å²) in [4.78, 5) is 17.6. The van der Waals surface area contributed by atoms with Crippen molar-refractivity contribution in [2.45, 2.75) is 13.5 Å². The maximum Gasteiger partial charge on any atom is 0.264 e. The normalized spacial score (nSPS) is 15.9. The minimum atomic E-state index is -0.201. The third kappa shape index (κ3) is 5.75. The van der Waals surface area contributed by atoms with E-state index in [9.17, 15) is 4.79 Å². The van der Waals surface area contributed by atoms with Crippen molar-refractivity contribution in [2.75, 3.05) is 0 Å². The highest BCUT2D eigenvalue weighted by Gasteiger charge is 2.24. The fourth-order valence-electron chi connectivity index (χ4n) is 2.92. The molecule has 4 rings (SSSR count). The zero-order valence-corrected chi connectivity index (χ0v) is 20.8. The van der Waals surface area contributed by atoms with E-state index in [1.54, 1.807) is 18.2 Å². The number of ether oxygens (including phenoxy) is 1. The first-order valence-electron chi connectivity index (χ1n) is 9.60. The molecule has 1 N–H and O–H groups in total. The van der Waals surface area contributed by atoms with Gasteiger partial charge in [-0.1, -0.05) is 62.9 Å². The summed E-state index contributed by atoms with van der Waals surface area (Å²) in [6.07, 6.45) is 1.79. The maximum absolute atomic E-state index is 12.5. The van der Waals surface area contributed by atoms with Crippen molar-refractivity contribution in [1.82, 2.24) is 5.32 Å². The number of thioether (sulfide) groups is 1. The Labute approximate surface area is 208 Å². The van der Waals surface area contributed by atoms with E-state index in [1.165, 1.54) is 11.8 Å². The van der Waals surface area contributed by atoms with Crippen molar-refractivity contribution in [3.8, 4) is 5.75 Å². The van der Waals surface area contributed by atoms with Gasteiger partial charge in [0.25, 0.3) is 5.91 Å². The molecule has 0 saturated carbocycles. The lowest BCUT2D eigenvalue weighted by Gasteiger charge is -2.11. The molecule has 4 nitrogen and oxygen atoms in total. The van der Waals surface area contributed by atoms with Crippen LogP contribution in [0.1, 0.15) is 16.7 Å². The molecule has 0 radical (unpaired) electrons. The Morgan fingerprint density at radius 3 is 2.62 bits per heavy atom. The SMILES string of the molecule is Cc1ccc(N=C2NC(=O)/C(=C/c3cc(Br)ccc3OCc3ccc(Cl)cc3Cl)S2)cc1. The zero-order chi connectivity index (χ0) is 22.7. The maximum atomic E-state index is 12.5. The number of aryl methyl sites for hydroxylation is 1. The summed E-state index contributed by atoms with van der Waals surface area (Å²) in [5.41, 5.74) is 3.52. The highest BCUT2D eigenvalue weighted by molar-refractivity contribution is 9.10. The second-order valence-electron chi connectivity index (χ2n) is 7.02. The van der Waals surface area contributed by atoms with Gasteiger partial charge in [-0.3, -0.25) is 4.79 Å². The van der Waals surface area contributed by atoms with Crippen molar-refractivity contribution in [3.05, 3.63) is 96.8 Å². The minimum absolute atomic E-state index is 0.201. The lowest BCUT2D eigenvalue weighted by Crippen LogP contribution is -2.19. The molecule has 0 spiro atoms. The minimum Gasteiger partial charge on any atom is -0.488 e. The van der Waals surface area contributed by atoms with Crippen molar-refractivity contribution in [2.24, 2.45) is 4.99 Å². The molecular formula is C24H17BrCl2N2O2S. The summed E-state index contributed by atoms with van der Waals surface area (Å²) in [6.45, 7) is 2.29. The molecule has 0 aromatic heterocycles. The van der Waals surface area contributed by atoms with E-state index in [4.69, 9.17) is 27.9 Å². The van der Waals surface area contributed by atoms with Crippen LogP contribution in [0, 0.1) is 6.92 Å². The molecule has 3 aromatic carbocycles. The van der Waals surface area contributed by atoms with Crippen LogP contribution < -0.4 is 10.1 Å². The summed E-state index contributed by atoms with van der Waals surface area (Å²) < 4.78 is 6.89. The molecule has 0 bridgehead atoms. The van der Waals surface area contributed by atoms with Gasteiger partial charge < -0.3 is 10.1 Å². The molecule has 8 heteroatoms. The quantitative estimate of drug-likeness (QED) is 0.336. The Morgan fingerprint density at radius 1 is 1.09 bits per heavy atom. The molecule has 1 aliphatic rings.